The highest BCUT2D eigenvalue weighted by atomic mass is 35.5. The zero-order valence-electron chi connectivity index (χ0n) is 11.1. The van der Waals surface area contributed by atoms with Crippen molar-refractivity contribution < 1.29 is 4.79 Å². The fourth-order valence-electron chi connectivity index (χ4n) is 2.14. The van der Waals surface area contributed by atoms with Gasteiger partial charge in [0.05, 0.1) is 22.8 Å². The molecule has 0 aliphatic carbocycles. The molecule has 0 unspecified atom stereocenters. The molecular formula is C15H13ClN4O. The SMILES string of the molecule is NC(=O)c1ccccc1NCc1cn2cc(Cl)ccc2n1. The second kappa shape index (κ2) is 5.46. The summed E-state index contributed by atoms with van der Waals surface area (Å²) < 4.78 is 1.86. The van der Waals surface area contributed by atoms with Crippen molar-refractivity contribution >= 4 is 28.8 Å². The first-order chi connectivity index (χ1) is 10.1. The van der Waals surface area contributed by atoms with Crippen molar-refractivity contribution in [3.63, 3.8) is 0 Å². The number of anilines is 1. The number of aromatic nitrogens is 2. The molecule has 0 saturated carbocycles. The maximum absolute atomic E-state index is 11.4. The molecule has 0 atom stereocenters. The van der Waals surface area contributed by atoms with Gasteiger partial charge in [-0.05, 0) is 24.3 Å². The number of fused-ring (bicyclic) bond motifs is 1. The minimum atomic E-state index is -0.458. The van der Waals surface area contributed by atoms with E-state index < -0.39 is 5.91 Å². The van der Waals surface area contributed by atoms with E-state index in [1.807, 2.05) is 28.8 Å². The van der Waals surface area contributed by atoms with E-state index in [1.165, 1.54) is 0 Å². The fraction of sp³-hybridized carbons (Fsp3) is 0.0667. The number of nitrogens with zero attached hydrogens (tertiary/aromatic N) is 2. The number of benzene rings is 1. The molecule has 3 rings (SSSR count). The lowest BCUT2D eigenvalue weighted by molar-refractivity contribution is 0.100. The van der Waals surface area contributed by atoms with Crippen molar-refractivity contribution in [2.75, 3.05) is 5.32 Å². The zero-order valence-corrected chi connectivity index (χ0v) is 11.8. The first kappa shape index (κ1) is 13.5. The van der Waals surface area contributed by atoms with Crippen LogP contribution in [-0.2, 0) is 6.54 Å². The van der Waals surface area contributed by atoms with Crippen LogP contribution >= 0.6 is 11.6 Å². The van der Waals surface area contributed by atoms with Crippen LogP contribution in [-0.4, -0.2) is 15.3 Å². The van der Waals surface area contributed by atoms with Gasteiger partial charge in [0.25, 0.3) is 5.91 Å². The van der Waals surface area contributed by atoms with E-state index in [-0.39, 0.29) is 0 Å². The van der Waals surface area contributed by atoms with E-state index in [1.54, 1.807) is 24.4 Å². The maximum atomic E-state index is 11.4. The third kappa shape index (κ3) is 2.83. The Morgan fingerprint density at radius 2 is 2.05 bits per heavy atom. The number of para-hydroxylation sites is 1. The number of nitrogens with one attached hydrogen (secondary N) is 1. The van der Waals surface area contributed by atoms with Crippen LogP contribution in [0.5, 0.6) is 0 Å². The van der Waals surface area contributed by atoms with Gasteiger partial charge in [-0.25, -0.2) is 4.98 Å². The monoisotopic (exact) mass is 300 g/mol. The molecule has 3 N–H and O–H groups in total. The fourth-order valence-corrected chi connectivity index (χ4v) is 2.31. The third-order valence-electron chi connectivity index (χ3n) is 3.12. The van der Waals surface area contributed by atoms with Crippen LogP contribution in [0.1, 0.15) is 16.1 Å². The van der Waals surface area contributed by atoms with E-state index in [2.05, 4.69) is 10.3 Å². The number of pyridine rings is 1. The molecular weight excluding hydrogens is 288 g/mol. The van der Waals surface area contributed by atoms with Crippen molar-refractivity contribution in [3.8, 4) is 0 Å². The third-order valence-corrected chi connectivity index (χ3v) is 3.34. The van der Waals surface area contributed by atoms with Crippen molar-refractivity contribution in [3.05, 3.63) is 65.1 Å². The highest BCUT2D eigenvalue weighted by Gasteiger charge is 2.08. The lowest BCUT2D eigenvalue weighted by Gasteiger charge is -2.08. The van der Waals surface area contributed by atoms with Crippen LogP contribution in [0.15, 0.2) is 48.8 Å². The number of imidazole rings is 1. The lowest BCUT2D eigenvalue weighted by Crippen LogP contribution is -2.14. The molecule has 21 heavy (non-hydrogen) atoms. The standard InChI is InChI=1S/C15H13ClN4O/c16-10-5-6-14-19-11(9-20(14)8-10)7-18-13-4-2-1-3-12(13)15(17)21/h1-6,8-9,18H,7H2,(H2,17,21). The number of carbonyl (C=O) groups is 1. The Morgan fingerprint density at radius 1 is 1.24 bits per heavy atom. The normalized spacial score (nSPS) is 10.7. The quantitative estimate of drug-likeness (QED) is 0.778. The van der Waals surface area contributed by atoms with Crippen LogP contribution in [0, 0.1) is 0 Å². The molecule has 0 saturated heterocycles. The van der Waals surface area contributed by atoms with Crippen molar-refractivity contribution in [2.45, 2.75) is 6.54 Å². The van der Waals surface area contributed by atoms with Gasteiger partial charge in [0.2, 0.25) is 0 Å². The summed E-state index contributed by atoms with van der Waals surface area (Å²) >= 11 is 5.94. The Kier molecular flexibility index (Phi) is 3.50. The minimum Gasteiger partial charge on any atom is -0.379 e. The summed E-state index contributed by atoms with van der Waals surface area (Å²) in [6, 6.07) is 10.8. The van der Waals surface area contributed by atoms with E-state index >= 15 is 0 Å². The number of rotatable bonds is 4. The Balaban J connectivity index is 1.82. The van der Waals surface area contributed by atoms with Crippen LogP contribution in [0.4, 0.5) is 5.69 Å². The van der Waals surface area contributed by atoms with Crippen molar-refractivity contribution in [1.82, 2.24) is 9.38 Å². The predicted molar refractivity (Wildman–Crippen MR) is 82.5 cm³/mol. The first-order valence-electron chi connectivity index (χ1n) is 6.39. The molecule has 1 amide bonds. The van der Waals surface area contributed by atoms with Gasteiger partial charge in [0.15, 0.2) is 0 Å². The average molecular weight is 301 g/mol. The van der Waals surface area contributed by atoms with Crippen molar-refractivity contribution in [2.24, 2.45) is 5.73 Å². The average Bonchev–Trinajstić information content (AvgIpc) is 2.87. The Labute approximate surface area is 126 Å². The van der Waals surface area contributed by atoms with E-state index in [4.69, 9.17) is 17.3 Å². The van der Waals surface area contributed by atoms with Crippen LogP contribution in [0.2, 0.25) is 5.02 Å². The molecule has 0 bridgehead atoms. The van der Waals surface area contributed by atoms with Gasteiger partial charge in [0, 0.05) is 18.1 Å². The molecule has 6 heteroatoms. The summed E-state index contributed by atoms with van der Waals surface area (Å²) in [5.74, 6) is -0.458. The van der Waals surface area contributed by atoms with Gasteiger partial charge < -0.3 is 15.5 Å². The molecule has 0 spiro atoms. The summed E-state index contributed by atoms with van der Waals surface area (Å²) in [6.07, 6.45) is 3.69. The molecule has 2 aromatic heterocycles. The number of carbonyl (C=O) groups excluding carboxylic acids is 1. The summed E-state index contributed by atoms with van der Waals surface area (Å²) in [5.41, 5.74) is 8.17. The summed E-state index contributed by atoms with van der Waals surface area (Å²) in [5, 5.41) is 3.83. The van der Waals surface area contributed by atoms with Gasteiger partial charge in [-0.3, -0.25) is 4.79 Å². The number of hydrogen-bond acceptors (Lipinski definition) is 3. The van der Waals surface area contributed by atoms with Gasteiger partial charge >= 0.3 is 0 Å². The topological polar surface area (TPSA) is 72.4 Å². The zero-order chi connectivity index (χ0) is 14.8. The molecule has 0 fully saturated rings. The number of hydrogen-bond donors (Lipinski definition) is 2. The van der Waals surface area contributed by atoms with E-state index in [9.17, 15) is 4.79 Å². The number of halogens is 1. The van der Waals surface area contributed by atoms with Crippen LogP contribution < -0.4 is 11.1 Å². The van der Waals surface area contributed by atoms with Gasteiger partial charge in [-0.1, -0.05) is 23.7 Å². The first-order valence-corrected chi connectivity index (χ1v) is 6.77. The smallest absolute Gasteiger partial charge is 0.250 e. The number of nitrogens with two attached hydrogens (primary N) is 1. The van der Waals surface area contributed by atoms with E-state index in [0.717, 1.165) is 11.3 Å². The predicted octanol–water partition coefficient (Wildman–Crippen LogP) is 2.70. The minimum absolute atomic E-state index is 0.458. The largest absolute Gasteiger partial charge is 0.379 e. The van der Waals surface area contributed by atoms with Crippen molar-refractivity contribution in [1.29, 1.82) is 0 Å². The summed E-state index contributed by atoms with van der Waals surface area (Å²) in [6.45, 7) is 0.490. The molecule has 0 radical (unpaired) electrons. The van der Waals surface area contributed by atoms with Crippen LogP contribution in [0.3, 0.4) is 0 Å². The molecule has 5 nitrogen and oxygen atoms in total. The highest BCUT2D eigenvalue weighted by Crippen LogP contribution is 2.16. The Bertz CT molecular complexity index is 812. The van der Waals surface area contributed by atoms with Crippen LogP contribution in [0.25, 0.3) is 5.65 Å². The maximum Gasteiger partial charge on any atom is 0.250 e. The second-order valence-electron chi connectivity index (χ2n) is 4.61. The summed E-state index contributed by atoms with van der Waals surface area (Å²) in [7, 11) is 0. The molecule has 106 valence electrons. The molecule has 0 aliphatic heterocycles. The number of amides is 1. The molecule has 2 heterocycles. The Morgan fingerprint density at radius 3 is 2.86 bits per heavy atom. The lowest BCUT2D eigenvalue weighted by atomic mass is 10.1. The Hall–Kier alpha value is -2.53. The van der Waals surface area contributed by atoms with E-state index in [0.29, 0.717) is 22.8 Å². The van der Waals surface area contributed by atoms with Gasteiger partial charge in [-0.15, -0.1) is 0 Å². The molecule has 0 aliphatic rings. The summed E-state index contributed by atoms with van der Waals surface area (Å²) in [4.78, 5) is 15.8. The number of primary amides is 1. The van der Waals surface area contributed by atoms with Gasteiger partial charge in [0.1, 0.15) is 5.65 Å². The molecule has 3 aromatic rings. The highest BCUT2D eigenvalue weighted by molar-refractivity contribution is 6.30. The van der Waals surface area contributed by atoms with Gasteiger partial charge in [-0.2, -0.15) is 0 Å². The molecule has 1 aromatic carbocycles. The second-order valence-corrected chi connectivity index (χ2v) is 5.04.